The lowest BCUT2D eigenvalue weighted by atomic mass is 10.2. The molecular weight excluding hydrogens is 420 g/mol. The van der Waals surface area contributed by atoms with Crippen LogP contribution in [0.25, 0.3) is 10.2 Å². The van der Waals surface area contributed by atoms with Gasteiger partial charge in [-0.3, -0.25) is 9.59 Å². The first-order chi connectivity index (χ1) is 14.6. The molecule has 2 aromatic carbocycles. The standard InChI is InChI=1S/C20H18N6O2S2/c1-13(26-12-21-11-22-26)19(28)24-15-8-6-14(7-9-15)23-18(27)10-29-20-25-16-4-2-3-5-17(16)30-20/h2-9,11-13H,10H2,1H3,(H,23,27)(H,24,28). The van der Waals surface area contributed by atoms with Crippen LogP contribution in [0.5, 0.6) is 0 Å². The summed E-state index contributed by atoms with van der Waals surface area (Å²) < 4.78 is 3.45. The van der Waals surface area contributed by atoms with E-state index in [1.54, 1.807) is 42.5 Å². The zero-order chi connectivity index (χ0) is 20.9. The van der Waals surface area contributed by atoms with Crippen molar-refractivity contribution < 1.29 is 9.59 Å². The number of nitrogens with zero attached hydrogens (tertiary/aromatic N) is 4. The molecule has 0 saturated heterocycles. The molecule has 10 heteroatoms. The molecule has 152 valence electrons. The molecule has 0 aliphatic carbocycles. The normalized spacial score (nSPS) is 11.9. The molecule has 30 heavy (non-hydrogen) atoms. The lowest BCUT2D eigenvalue weighted by Crippen LogP contribution is -2.24. The van der Waals surface area contributed by atoms with Gasteiger partial charge in [0.1, 0.15) is 18.7 Å². The first-order valence-electron chi connectivity index (χ1n) is 9.12. The Bertz CT molecular complexity index is 1120. The fraction of sp³-hybridized carbons (Fsp3) is 0.150. The Balaban J connectivity index is 1.28. The summed E-state index contributed by atoms with van der Waals surface area (Å²) in [6, 6.07) is 14.4. The van der Waals surface area contributed by atoms with E-state index < -0.39 is 6.04 Å². The highest BCUT2D eigenvalue weighted by Crippen LogP contribution is 2.29. The van der Waals surface area contributed by atoms with Gasteiger partial charge in [0.25, 0.3) is 0 Å². The molecule has 0 bridgehead atoms. The summed E-state index contributed by atoms with van der Waals surface area (Å²) in [5, 5.41) is 9.64. The lowest BCUT2D eigenvalue weighted by Gasteiger charge is -2.12. The van der Waals surface area contributed by atoms with Crippen LogP contribution in [0.2, 0.25) is 0 Å². The summed E-state index contributed by atoms with van der Waals surface area (Å²) in [5.74, 6) is -0.0475. The number of fused-ring (bicyclic) bond motifs is 1. The van der Waals surface area contributed by atoms with Crippen LogP contribution in [0, 0.1) is 0 Å². The minimum absolute atomic E-state index is 0.115. The summed E-state index contributed by atoms with van der Waals surface area (Å²) in [5.41, 5.74) is 2.24. The van der Waals surface area contributed by atoms with Gasteiger partial charge >= 0.3 is 0 Å². The molecule has 2 N–H and O–H groups in total. The van der Waals surface area contributed by atoms with Gasteiger partial charge in [0, 0.05) is 11.4 Å². The predicted octanol–water partition coefficient (Wildman–Crippen LogP) is 3.82. The molecule has 4 rings (SSSR count). The van der Waals surface area contributed by atoms with E-state index in [0.717, 1.165) is 14.6 Å². The van der Waals surface area contributed by atoms with E-state index in [-0.39, 0.29) is 17.6 Å². The van der Waals surface area contributed by atoms with E-state index in [1.807, 2.05) is 24.3 Å². The third kappa shape index (κ3) is 4.84. The molecule has 8 nitrogen and oxygen atoms in total. The van der Waals surface area contributed by atoms with Crippen LogP contribution >= 0.6 is 23.1 Å². The molecule has 1 atom stereocenters. The van der Waals surface area contributed by atoms with E-state index in [4.69, 9.17) is 0 Å². The van der Waals surface area contributed by atoms with Gasteiger partial charge in [0.05, 0.1) is 16.0 Å². The first-order valence-corrected chi connectivity index (χ1v) is 10.9. The fourth-order valence-corrected chi connectivity index (χ4v) is 4.53. The number of benzene rings is 2. The zero-order valence-corrected chi connectivity index (χ0v) is 17.6. The number of thioether (sulfide) groups is 1. The van der Waals surface area contributed by atoms with Crippen LogP contribution in [0.4, 0.5) is 11.4 Å². The Hall–Kier alpha value is -3.24. The van der Waals surface area contributed by atoms with Gasteiger partial charge in [-0.1, -0.05) is 23.9 Å². The molecule has 0 radical (unpaired) electrons. The largest absolute Gasteiger partial charge is 0.325 e. The van der Waals surface area contributed by atoms with Crippen molar-refractivity contribution >= 4 is 56.5 Å². The van der Waals surface area contributed by atoms with E-state index in [0.29, 0.717) is 11.4 Å². The van der Waals surface area contributed by atoms with Gasteiger partial charge in [0.15, 0.2) is 4.34 Å². The van der Waals surface area contributed by atoms with Crippen LogP contribution < -0.4 is 10.6 Å². The Kier molecular flexibility index (Phi) is 6.05. The van der Waals surface area contributed by atoms with Gasteiger partial charge in [-0.15, -0.1) is 11.3 Å². The Morgan fingerprint density at radius 2 is 1.83 bits per heavy atom. The first kappa shape index (κ1) is 20.0. The smallest absolute Gasteiger partial charge is 0.249 e. The number of rotatable bonds is 7. The van der Waals surface area contributed by atoms with Gasteiger partial charge in [-0.2, -0.15) is 5.10 Å². The summed E-state index contributed by atoms with van der Waals surface area (Å²) in [6.45, 7) is 1.74. The minimum Gasteiger partial charge on any atom is -0.325 e. The van der Waals surface area contributed by atoms with Crippen molar-refractivity contribution in [2.45, 2.75) is 17.3 Å². The maximum absolute atomic E-state index is 12.3. The molecule has 0 saturated carbocycles. The highest BCUT2D eigenvalue weighted by molar-refractivity contribution is 8.01. The molecule has 0 aliphatic heterocycles. The number of carbonyl (C=O) groups is 2. The van der Waals surface area contributed by atoms with Crippen molar-refractivity contribution in [3.05, 3.63) is 61.2 Å². The summed E-state index contributed by atoms with van der Waals surface area (Å²) >= 11 is 2.99. The Labute approximate surface area is 180 Å². The predicted molar refractivity (Wildman–Crippen MR) is 119 cm³/mol. The molecule has 2 heterocycles. The molecule has 4 aromatic rings. The maximum atomic E-state index is 12.3. The monoisotopic (exact) mass is 438 g/mol. The van der Waals surface area contributed by atoms with Crippen LogP contribution in [0.15, 0.2) is 65.5 Å². The van der Waals surface area contributed by atoms with Crippen LogP contribution in [-0.4, -0.2) is 37.3 Å². The molecule has 2 amide bonds. The molecular formula is C20H18N6O2S2. The fourth-order valence-electron chi connectivity index (χ4n) is 2.66. The number of nitrogens with one attached hydrogen (secondary N) is 2. The zero-order valence-electron chi connectivity index (χ0n) is 16.0. The average molecular weight is 439 g/mol. The van der Waals surface area contributed by atoms with Crippen molar-refractivity contribution in [2.75, 3.05) is 16.4 Å². The van der Waals surface area contributed by atoms with Gasteiger partial charge in [0.2, 0.25) is 11.8 Å². The summed E-state index contributed by atoms with van der Waals surface area (Å²) in [4.78, 5) is 32.9. The molecule has 1 unspecified atom stereocenters. The van der Waals surface area contributed by atoms with Crippen LogP contribution in [-0.2, 0) is 9.59 Å². The van der Waals surface area contributed by atoms with Crippen molar-refractivity contribution in [1.29, 1.82) is 0 Å². The number of anilines is 2. The SMILES string of the molecule is CC(C(=O)Nc1ccc(NC(=O)CSc2nc3ccccc3s2)cc1)n1cncn1. The van der Waals surface area contributed by atoms with E-state index in [2.05, 4.69) is 25.7 Å². The van der Waals surface area contributed by atoms with E-state index >= 15 is 0 Å². The molecule has 0 aliphatic rings. The average Bonchev–Trinajstić information content (AvgIpc) is 3.43. The van der Waals surface area contributed by atoms with Crippen molar-refractivity contribution in [3.63, 3.8) is 0 Å². The molecule has 2 aromatic heterocycles. The number of hydrogen-bond donors (Lipinski definition) is 2. The Morgan fingerprint density at radius 1 is 1.10 bits per heavy atom. The summed E-state index contributed by atoms with van der Waals surface area (Å²) in [6.07, 6.45) is 2.88. The van der Waals surface area contributed by atoms with Crippen molar-refractivity contribution in [1.82, 2.24) is 19.7 Å². The second-order valence-electron chi connectivity index (χ2n) is 6.40. The molecule has 0 fully saturated rings. The van der Waals surface area contributed by atoms with Crippen LogP contribution in [0.1, 0.15) is 13.0 Å². The quantitative estimate of drug-likeness (QED) is 0.425. The second kappa shape index (κ2) is 9.06. The van der Waals surface area contributed by atoms with Crippen LogP contribution in [0.3, 0.4) is 0 Å². The number of para-hydroxylation sites is 1. The third-order valence-corrected chi connectivity index (χ3v) is 6.43. The lowest BCUT2D eigenvalue weighted by molar-refractivity contribution is -0.119. The minimum atomic E-state index is -0.480. The number of aromatic nitrogens is 4. The topological polar surface area (TPSA) is 102 Å². The second-order valence-corrected chi connectivity index (χ2v) is 8.66. The maximum Gasteiger partial charge on any atom is 0.249 e. The van der Waals surface area contributed by atoms with Crippen molar-refractivity contribution in [2.24, 2.45) is 0 Å². The highest BCUT2D eigenvalue weighted by Gasteiger charge is 2.15. The van der Waals surface area contributed by atoms with Gasteiger partial charge in [-0.05, 0) is 43.3 Å². The summed E-state index contributed by atoms with van der Waals surface area (Å²) in [7, 11) is 0. The highest BCUT2D eigenvalue weighted by atomic mass is 32.2. The number of hydrogen-bond acceptors (Lipinski definition) is 7. The van der Waals surface area contributed by atoms with Gasteiger partial charge < -0.3 is 10.6 Å². The third-order valence-electron chi connectivity index (χ3n) is 4.25. The Morgan fingerprint density at radius 3 is 2.53 bits per heavy atom. The van der Waals surface area contributed by atoms with E-state index in [9.17, 15) is 9.59 Å². The van der Waals surface area contributed by atoms with Gasteiger partial charge in [-0.25, -0.2) is 14.6 Å². The van der Waals surface area contributed by atoms with Crippen molar-refractivity contribution in [3.8, 4) is 0 Å². The number of amides is 2. The molecule has 0 spiro atoms. The number of thiazole rings is 1. The van der Waals surface area contributed by atoms with E-state index in [1.165, 1.54) is 29.1 Å². The number of carbonyl (C=O) groups excluding carboxylic acids is 2.